The number of thioether (sulfide) groups is 1. The van der Waals surface area contributed by atoms with Gasteiger partial charge in [-0.05, 0) is 30.5 Å². The van der Waals surface area contributed by atoms with Crippen molar-refractivity contribution in [1.82, 2.24) is 9.80 Å². The molecule has 1 aromatic rings. The van der Waals surface area contributed by atoms with Gasteiger partial charge in [-0.15, -0.1) is 11.8 Å². The van der Waals surface area contributed by atoms with Crippen LogP contribution in [-0.2, 0) is 16.1 Å². The van der Waals surface area contributed by atoms with E-state index in [2.05, 4.69) is 15.9 Å². The summed E-state index contributed by atoms with van der Waals surface area (Å²) >= 11 is 5.03. The third-order valence-electron chi connectivity index (χ3n) is 3.70. The Morgan fingerprint density at radius 2 is 2.24 bits per heavy atom. The van der Waals surface area contributed by atoms with Gasteiger partial charge in [0.2, 0.25) is 11.8 Å². The summed E-state index contributed by atoms with van der Waals surface area (Å²) in [5.41, 5.74) is 1.12. The van der Waals surface area contributed by atoms with Crippen LogP contribution in [0.4, 0.5) is 0 Å². The number of benzene rings is 1. The van der Waals surface area contributed by atoms with Crippen molar-refractivity contribution in [2.45, 2.75) is 25.4 Å². The zero-order chi connectivity index (χ0) is 14.8. The summed E-state index contributed by atoms with van der Waals surface area (Å²) in [4.78, 5) is 27.8. The zero-order valence-corrected chi connectivity index (χ0v) is 14.0. The van der Waals surface area contributed by atoms with Crippen molar-refractivity contribution in [3.8, 4) is 0 Å². The number of amides is 2. The Labute approximate surface area is 137 Å². The molecule has 0 aromatic heterocycles. The molecule has 1 saturated carbocycles. The Morgan fingerprint density at radius 1 is 1.43 bits per heavy atom. The van der Waals surface area contributed by atoms with Gasteiger partial charge in [0, 0.05) is 17.1 Å². The molecule has 0 unspecified atom stereocenters. The molecule has 0 radical (unpaired) electrons. The average Bonchev–Trinajstić information content (AvgIpc) is 3.21. The Morgan fingerprint density at radius 3 is 2.86 bits per heavy atom. The molecule has 6 heteroatoms. The Kier molecular flexibility index (Phi) is 4.54. The summed E-state index contributed by atoms with van der Waals surface area (Å²) < 4.78 is 1.02. The Balaban J connectivity index is 1.66. The van der Waals surface area contributed by atoms with Crippen molar-refractivity contribution in [2.24, 2.45) is 0 Å². The third-order valence-corrected chi connectivity index (χ3v) is 5.14. The molecule has 1 saturated heterocycles. The Bertz CT molecular complexity index is 562. The third kappa shape index (κ3) is 3.80. The van der Waals surface area contributed by atoms with Crippen LogP contribution in [-0.4, -0.2) is 45.8 Å². The first-order valence-electron chi connectivity index (χ1n) is 7.03. The van der Waals surface area contributed by atoms with Crippen LogP contribution >= 0.6 is 27.7 Å². The average molecular weight is 369 g/mol. The molecule has 1 heterocycles. The van der Waals surface area contributed by atoms with Crippen molar-refractivity contribution in [3.05, 3.63) is 34.3 Å². The predicted molar refractivity (Wildman–Crippen MR) is 86.8 cm³/mol. The van der Waals surface area contributed by atoms with Crippen LogP contribution in [0.5, 0.6) is 0 Å². The van der Waals surface area contributed by atoms with Crippen LogP contribution in [0.15, 0.2) is 28.7 Å². The lowest BCUT2D eigenvalue weighted by atomic mass is 10.2. The topological polar surface area (TPSA) is 40.6 Å². The van der Waals surface area contributed by atoms with Crippen LogP contribution in [0.25, 0.3) is 0 Å². The Hall–Kier alpha value is -1.01. The van der Waals surface area contributed by atoms with Crippen molar-refractivity contribution in [3.63, 3.8) is 0 Å². The van der Waals surface area contributed by atoms with E-state index in [9.17, 15) is 9.59 Å². The fourth-order valence-electron chi connectivity index (χ4n) is 2.43. The minimum atomic E-state index is 0.0633. The van der Waals surface area contributed by atoms with Gasteiger partial charge in [0.25, 0.3) is 0 Å². The fourth-order valence-corrected chi connectivity index (χ4v) is 3.78. The van der Waals surface area contributed by atoms with Crippen LogP contribution in [0.2, 0.25) is 0 Å². The number of halogens is 1. The SMILES string of the molecule is O=C1CSCN1CC(=O)N(Cc1cccc(Br)c1)C1CC1. The predicted octanol–water partition coefficient (Wildman–Crippen LogP) is 2.47. The summed E-state index contributed by atoms with van der Waals surface area (Å²) in [7, 11) is 0. The quantitative estimate of drug-likeness (QED) is 0.801. The second-order valence-electron chi connectivity index (χ2n) is 5.45. The lowest BCUT2D eigenvalue weighted by Gasteiger charge is -2.25. The summed E-state index contributed by atoms with van der Waals surface area (Å²) in [5, 5.41) is 0. The first-order valence-corrected chi connectivity index (χ1v) is 8.97. The molecule has 0 bridgehead atoms. The van der Waals surface area contributed by atoms with Crippen LogP contribution < -0.4 is 0 Å². The minimum Gasteiger partial charge on any atom is -0.334 e. The summed E-state index contributed by atoms with van der Waals surface area (Å²) in [6, 6.07) is 8.38. The van der Waals surface area contributed by atoms with E-state index >= 15 is 0 Å². The molecule has 21 heavy (non-hydrogen) atoms. The van der Waals surface area contributed by atoms with E-state index in [1.54, 1.807) is 16.7 Å². The molecule has 1 aliphatic carbocycles. The molecule has 112 valence electrons. The van der Waals surface area contributed by atoms with Gasteiger partial charge in [-0.2, -0.15) is 0 Å². The van der Waals surface area contributed by atoms with Gasteiger partial charge in [0.15, 0.2) is 0 Å². The maximum absolute atomic E-state index is 12.5. The van der Waals surface area contributed by atoms with Gasteiger partial charge in [-0.25, -0.2) is 0 Å². The number of hydrogen-bond donors (Lipinski definition) is 0. The second-order valence-corrected chi connectivity index (χ2v) is 7.32. The molecule has 0 atom stereocenters. The maximum Gasteiger partial charge on any atom is 0.242 e. The number of hydrogen-bond acceptors (Lipinski definition) is 3. The van der Waals surface area contributed by atoms with E-state index in [0.29, 0.717) is 24.2 Å². The van der Waals surface area contributed by atoms with Gasteiger partial charge < -0.3 is 9.80 Å². The van der Waals surface area contributed by atoms with Crippen molar-refractivity contribution < 1.29 is 9.59 Å². The molecule has 1 aliphatic heterocycles. The molecule has 2 aliphatic rings. The van der Waals surface area contributed by atoms with Crippen molar-refractivity contribution in [1.29, 1.82) is 0 Å². The molecular weight excluding hydrogens is 352 g/mol. The van der Waals surface area contributed by atoms with Crippen LogP contribution in [0, 0.1) is 0 Å². The largest absolute Gasteiger partial charge is 0.334 e. The second kappa shape index (κ2) is 6.40. The van der Waals surface area contributed by atoms with Crippen molar-refractivity contribution >= 4 is 39.5 Å². The summed E-state index contributed by atoms with van der Waals surface area (Å²) in [6.07, 6.45) is 2.14. The maximum atomic E-state index is 12.5. The number of carbonyl (C=O) groups is 2. The lowest BCUT2D eigenvalue weighted by molar-refractivity contribution is -0.138. The summed E-state index contributed by atoms with van der Waals surface area (Å²) in [6.45, 7) is 0.842. The highest BCUT2D eigenvalue weighted by molar-refractivity contribution is 9.10. The summed E-state index contributed by atoms with van der Waals surface area (Å²) in [5.74, 6) is 1.28. The van der Waals surface area contributed by atoms with Crippen LogP contribution in [0.3, 0.4) is 0 Å². The van der Waals surface area contributed by atoms with E-state index in [0.717, 1.165) is 22.9 Å². The monoisotopic (exact) mass is 368 g/mol. The zero-order valence-electron chi connectivity index (χ0n) is 11.6. The highest BCUT2D eigenvalue weighted by atomic mass is 79.9. The smallest absolute Gasteiger partial charge is 0.242 e. The lowest BCUT2D eigenvalue weighted by Crippen LogP contribution is -2.41. The van der Waals surface area contributed by atoms with E-state index < -0.39 is 0 Å². The molecule has 3 rings (SSSR count). The molecule has 4 nitrogen and oxygen atoms in total. The van der Waals surface area contributed by atoms with E-state index in [4.69, 9.17) is 0 Å². The fraction of sp³-hybridized carbons (Fsp3) is 0.467. The van der Waals surface area contributed by atoms with Gasteiger partial charge >= 0.3 is 0 Å². The first-order chi connectivity index (χ1) is 10.1. The van der Waals surface area contributed by atoms with Gasteiger partial charge in [-0.3, -0.25) is 9.59 Å². The van der Waals surface area contributed by atoms with Gasteiger partial charge in [0.05, 0.1) is 11.6 Å². The molecule has 2 fully saturated rings. The molecular formula is C15H17BrN2O2S. The minimum absolute atomic E-state index is 0.0633. The number of carbonyl (C=O) groups excluding carboxylic acids is 2. The highest BCUT2D eigenvalue weighted by Gasteiger charge is 2.34. The van der Waals surface area contributed by atoms with E-state index in [1.165, 1.54) is 0 Å². The molecule has 1 aromatic carbocycles. The van der Waals surface area contributed by atoms with Crippen LogP contribution in [0.1, 0.15) is 18.4 Å². The van der Waals surface area contributed by atoms with Gasteiger partial charge in [-0.1, -0.05) is 28.1 Å². The number of nitrogens with zero attached hydrogens (tertiary/aromatic N) is 2. The molecule has 2 amide bonds. The first kappa shape index (κ1) is 14.9. The van der Waals surface area contributed by atoms with E-state index in [-0.39, 0.29) is 18.4 Å². The normalized spacial score (nSPS) is 18.1. The van der Waals surface area contributed by atoms with Crippen molar-refractivity contribution in [2.75, 3.05) is 18.2 Å². The highest BCUT2D eigenvalue weighted by Crippen LogP contribution is 2.29. The number of rotatable bonds is 5. The van der Waals surface area contributed by atoms with E-state index in [1.807, 2.05) is 29.2 Å². The van der Waals surface area contributed by atoms with Gasteiger partial charge in [0.1, 0.15) is 6.54 Å². The standard InChI is InChI=1S/C15H17BrN2O2S/c16-12-3-1-2-11(6-12)7-18(13-4-5-13)14(19)8-17-10-21-9-15(17)20/h1-3,6,13H,4-5,7-10H2. The molecule has 0 spiro atoms. The molecule has 0 N–H and O–H groups in total.